The van der Waals surface area contributed by atoms with Gasteiger partial charge in [0.2, 0.25) is 0 Å². The minimum Gasteiger partial charge on any atom is -0.307 e. The van der Waals surface area contributed by atoms with E-state index in [0.29, 0.717) is 5.69 Å². The Morgan fingerprint density at radius 1 is 0.944 bits per heavy atom. The third-order valence-electron chi connectivity index (χ3n) is 5.93. The number of hydrogen-bond acceptors (Lipinski definition) is 6. The number of benzene rings is 3. The van der Waals surface area contributed by atoms with E-state index in [0.717, 1.165) is 33.8 Å². The number of thiophene rings is 1. The molecule has 9 heteroatoms. The van der Waals surface area contributed by atoms with Gasteiger partial charge in [0.05, 0.1) is 27.2 Å². The highest BCUT2D eigenvalue weighted by Crippen LogP contribution is 2.37. The van der Waals surface area contributed by atoms with Gasteiger partial charge in [0, 0.05) is 12.1 Å². The monoisotopic (exact) mass is 516 g/mol. The molecule has 1 aromatic heterocycles. The zero-order valence-corrected chi connectivity index (χ0v) is 21.1. The summed E-state index contributed by atoms with van der Waals surface area (Å²) in [5, 5.41) is 11.4. The second-order valence-corrected chi connectivity index (χ2v) is 11.0. The first-order valence-corrected chi connectivity index (χ1v) is 13.7. The molecule has 2 heterocycles. The van der Waals surface area contributed by atoms with Gasteiger partial charge < -0.3 is 5.32 Å². The van der Waals surface area contributed by atoms with Crippen molar-refractivity contribution in [2.24, 2.45) is 5.10 Å². The van der Waals surface area contributed by atoms with Crippen LogP contribution in [-0.2, 0) is 10.0 Å². The first kappa shape index (κ1) is 23.8. The number of rotatable bonds is 6. The summed E-state index contributed by atoms with van der Waals surface area (Å²) in [6.07, 6.45) is 0.741. The van der Waals surface area contributed by atoms with E-state index >= 15 is 0 Å². The fourth-order valence-electron chi connectivity index (χ4n) is 4.09. The molecule has 4 aromatic rings. The number of nitrogens with one attached hydrogen (secondary N) is 2. The number of nitrogens with zero attached hydrogens (tertiary/aromatic N) is 2. The van der Waals surface area contributed by atoms with Gasteiger partial charge in [0.15, 0.2) is 0 Å². The van der Waals surface area contributed by atoms with E-state index in [4.69, 9.17) is 5.10 Å². The van der Waals surface area contributed by atoms with Gasteiger partial charge in [0.1, 0.15) is 0 Å². The molecular weight excluding hydrogens is 492 g/mol. The van der Waals surface area contributed by atoms with Crippen molar-refractivity contribution in [3.63, 3.8) is 0 Å². The average Bonchev–Trinajstić information content (AvgIpc) is 3.56. The maximum absolute atomic E-state index is 12.8. The summed E-state index contributed by atoms with van der Waals surface area (Å²) in [5.74, 6) is 0. The van der Waals surface area contributed by atoms with Crippen LogP contribution in [0.5, 0.6) is 0 Å². The first-order chi connectivity index (χ1) is 17.4. The number of hydrogen-bond donors (Lipinski definition) is 2. The third kappa shape index (κ3) is 5.02. The second kappa shape index (κ2) is 9.96. The number of aryl methyl sites for hydroxylation is 1. The fraction of sp³-hybridized carbons (Fsp3) is 0.111. The van der Waals surface area contributed by atoms with Crippen LogP contribution in [0.1, 0.15) is 28.5 Å². The molecule has 36 heavy (non-hydrogen) atoms. The Hall–Kier alpha value is -3.95. The van der Waals surface area contributed by atoms with Crippen molar-refractivity contribution in [1.82, 2.24) is 4.72 Å². The van der Waals surface area contributed by atoms with Gasteiger partial charge in [0.25, 0.3) is 10.0 Å². The van der Waals surface area contributed by atoms with Crippen LogP contribution in [0, 0.1) is 6.92 Å². The minimum absolute atomic E-state index is 0.0101. The number of urea groups is 1. The SMILES string of the molecule is Cc1ccccc1NC(=O)NS(=O)(=O)c1ccc(N2N=C(c3cccs3)CC2c2ccccc2)cc1. The lowest BCUT2D eigenvalue weighted by molar-refractivity contribution is 0.256. The van der Waals surface area contributed by atoms with Crippen molar-refractivity contribution in [2.75, 3.05) is 10.3 Å². The van der Waals surface area contributed by atoms with Gasteiger partial charge in [-0.3, -0.25) is 5.01 Å². The zero-order valence-electron chi connectivity index (χ0n) is 19.5. The van der Waals surface area contributed by atoms with Crippen molar-refractivity contribution in [2.45, 2.75) is 24.3 Å². The molecule has 0 radical (unpaired) electrons. The maximum Gasteiger partial charge on any atom is 0.333 e. The quantitative estimate of drug-likeness (QED) is 0.333. The Balaban J connectivity index is 1.37. The van der Waals surface area contributed by atoms with Crippen LogP contribution < -0.4 is 15.0 Å². The van der Waals surface area contributed by atoms with Crippen molar-refractivity contribution in [1.29, 1.82) is 0 Å². The number of carbonyl (C=O) groups excluding carboxylic acids is 1. The van der Waals surface area contributed by atoms with E-state index in [1.54, 1.807) is 35.6 Å². The normalized spacial score (nSPS) is 15.4. The lowest BCUT2D eigenvalue weighted by Crippen LogP contribution is -2.34. The number of hydrazone groups is 1. The van der Waals surface area contributed by atoms with Crippen molar-refractivity contribution >= 4 is 44.5 Å². The van der Waals surface area contributed by atoms with E-state index in [1.807, 2.05) is 53.7 Å². The molecule has 1 unspecified atom stereocenters. The molecular formula is C27H24N4O3S2. The van der Waals surface area contributed by atoms with Gasteiger partial charge >= 0.3 is 6.03 Å². The van der Waals surface area contributed by atoms with Gasteiger partial charge in [-0.15, -0.1) is 11.3 Å². The van der Waals surface area contributed by atoms with Gasteiger partial charge in [-0.25, -0.2) is 17.9 Å². The molecule has 182 valence electrons. The second-order valence-electron chi connectivity index (χ2n) is 8.37. The molecule has 0 spiro atoms. The standard InChI is InChI=1S/C27H24N4O3S2/c1-19-8-5-6-11-23(19)28-27(32)30-36(33,34)22-15-13-21(14-16-22)31-25(20-9-3-2-4-10-20)18-24(29-31)26-12-7-17-35-26/h2-17,25H,18H2,1H3,(H2,28,30,32). The van der Waals surface area contributed by atoms with E-state index in [1.165, 1.54) is 12.1 Å². The summed E-state index contributed by atoms with van der Waals surface area (Å²) < 4.78 is 27.7. The molecule has 0 aliphatic carbocycles. The molecule has 1 atom stereocenters. The van der Waals surface area contributed by atoms with Gasteiger partial charge in [-0.05, 0) is 59.8 Å². The summed E-state index contributed by atoms with van der Waals surface area (Å²) in [6.45, 7) is 1.83. The molecule has 0 bridgehead atoms. The predicted octanol–water partition coefficient (Wildman–Crippen LogP) is 5.92. The molecule has 0 saturated carbocycles. The van der Waals surface area contributed by atoms with Crippen LogP contribution in [-0.4, -0.2) is 20.2 Å². The van der Waals surface area contributed by atoms with Crippen molar-refractivity contribution < 1.29 is 13.2 Å². The van der Waals surface area contributed by atoms with Crippen LogP contribution >= 0.6 is 11.3 Å². The largest absolute Gasteiger partial charge is 0.333 e. The Bertz CT molecular complexity index is 1500. The van der Waals surface area contributed by atoms with E-state index in [2.05, 4.69) is 28.2 Å². The summed E-state index contributed by atoms with van der Waals surface area (Å²) in [4.78, 5) is 13.5. The van der Waals surface area contributed by atoms with Gasteiger partial charge in [-0.1, -0.05) is 54.6 Å². The first-order valence-electron chi connectivity index (χ1n) is 11.4. The lowest BCUT2D eigenvalue weighted by Gasteiger charge is -2.24. The third-order valence-corrected chi connectivity index (χ3v) is 8.20. The topological polar surface area (TPSA) is 90.9 Å². The van der Waals surface area contributed by atoms with Gasteiger partial charge in [-0.2, -0.15) is 5.10 Å². The average molecular weight is 517 g/mol. The van der Waals surface area contributed by atoms with Crippen LogP contribution in [0.2, 0.25) is 0 Å². The summed E-state index contributed by atoms with van der Waals surface area (Å²) in [6, 6.07) is 26.9. The van der Waals surface area contributed by atoms with Crippen LogP contribution in [0.25, 0.3) is 0 Å². The highest BCUT2D eigenvalue weighted by molar-refractivity contribution is 7.90. The fourth-order valence-corrected chi connectivity index (χ4v) is 5.72. The van der Waals surface area contributed by atoms with Crippen LogP contribution in [0.15, 0.2) is 106 Å². The molecule has 0 fully saturated rings. The molecule has 2 amide bonds. The molecule has 0 saturated heterocycles. The number of amides is 2. The van der Waals surface area contributed by atoms with Crippen molar-refractivity contribution in [3.05, 3.63) is 112 Å². The predicted molar refractivity (Wildman–Crippen MR) is 144 cm³/mol. The molecule has 1 aliphatic heterocycles. The Morgan fingerprint density at radius 3 is 2.36 bits per heavy atom. The number of para-hydroxylation sites is 1. The van der Waals surface area contributed by atoms with E-state index in [9.17, 15) is 13.2 Å². The summed E-state index contributed by atoms with van der Waals surface area (Å²) in [5.41, 5.74) is 4.25. The smallest absolute Gasteiger partial charge is 0.307 e. The number of sulfonamides is 1. The highest BCUT2D eigenvalue weighted by Gasteiger charge is 2.30. The highest BCUT2D eigenvalue weighted by atomic mass is 32.2. The summed E-state index contributed by atoms with van der Waals surface area (Å²) >= 11 is 1.64. The van der Waals surface area contributed by atoms with E-state index in [-0.39, 0.29) is 10.9 Å². The van der Waals surface area contributed by atoms with Crippen molar-refractivity contribution in [3.8, 4) is 0 Å². The van der Waals surface area contributed by atoms with Crippen LogP contribution in [0.4, 0.5) is 16.2 Å². The Morgan fingerprint density at radius 2 is 1.67 bits per heavy atom. The Labute approximate surface area is 214 Å². The molecule has 7 nitrogen and oxygen atoms in total. The summed E-state index contributed by atoms with van der Waals surface area (Å²) in [7, 11) is -4.06. The molecule has 2 N–H and O–H groups in total. The van der Waals surface area contributed by atoms with E-state index < -0.39 is 16.1 Å². The number of anilines is 2. The Kier molecular flexibility index (Phi) is 6.58. The molecule has 3 aromatic carbocycles. The van der Waals surface area contributed by atoms with Crippen LogP contribution in [0.3, 0.4) is 0 Å². The molecule has 5 rings (SSSR count). The lowest BCUT2D eigenvalue weighted by atomic mass is 10.0. The zero-order chi connectivity index (χ0) is 25.1. The number of carbonyl (C=O) groups is 1. The molecule has 1 aliphatic rings. The minimum atomic E-state index is -4.06. The maximum atomic E-state index is 12.8.